The maximum absolute atomic E-state index is 14.5. The van der Waals surface area contributed by atoms with Crippen molar-refractivity contribution < 1.29 is 19.1 Å². The van der Waals surface area contributed by atoms with Gasteiger partial charge in [-0.1, -0.05) is 78.3 Å². The molecule has 1 aromatic rings. The highest BCUT2D eigenvalue weighted by molar-refractivity contribution is 5.89. The lowest BCUT2D eigenvalue weighted by Gasteiger charge is -2.69. The van der Waals surface area contributed by atoms with Gasteiger partial charge >= 0.3 is 11.9 Å². The fraction of sp³-hybridized carbons (Fsp3) is 0.676. The number of esters is 2. The van der Waals surface area contributed by atoms with Crippen molar-refractivity contribution in [3.8, 4) is 0 Å². The van der Waals surface area contributed by atoms with Gasteiger partial charge in [-0.05, 0) is 98.3 Å². The van der Waals surface area contributed by atoms with Gasteiger partial charge in [0, 0.05) is 16.2 Å². The van der Waals surface area contributed by atoms with E-state index in [0.29, 0.717) is 11.5 Å². The minimum Gasteiger partial charge on any atom is -0.458 e. The Balaban J connectivity index is 1.28. The van der Waals surface area contributed by atoms with Crippen molar-refractivity contribution in [2.75, 3.05) is 0 Å². The highest BCUT2D eigenvalue weighted by Crippen LogP contribution is 2.81. The van der Waals surface area contributed by atoms with Crippen LogP contribution in [0.2, 0.25) is 0 Å². The number of fused-ring (bicyclic) bond motifs is 2. The van der Waals surface area contributed by atoms with Crippen LogP contribution in [0.15, 0.2) is 53.6 Å². The summed E-state index contributed by atoms with van der Waals surface area (Å²) in [4.78, 5) is 27.5. The van der Waals surface area contributed by atoms with E-state index in [1.54, 1.807) is 0 Å². The molecule has 0 N–H and O–H groups in total. The third-order valence-corrected chi connectivity index (χ3v) is 13.9. The first kappa shape index (κ1) is 27.5. The van der Waals surface area contributed by atoms with Gasteiger partial charge in [-0.2, -0.15) is 0 Å². The second kappa shape index (κ2) is 8.17. The van der Waals surface area contributed by atoms with E-state index in [0.717, 1.165) is 38.5 Å². The number of carbonyl (C=O) groups excluding carboxylic acids is 2. The molecule has 5 aliphatic carbocycles. The summed E-state index contributed by atoms with van der Waals surface area (Å²) in [5.41, 5.74) is 1.89. The summed E-state index contributed by atoms with van der Waals surface area (Å²) in [5.74, 6) is 0.189. The summed E-state index contributed by atoms with van der Waals surface area (Å²) in [7, 11) is 0. The number of allylic oxidation sites excluding steroid dienone is 1. The zero-order valence-corrected chi connectivity index (χ0v) is 26.2. The zero-order chi connectivity index (χ0) is 29.3. The van der Waals surface area contributed by atoms with Crippen molar-refractivity contribution in [3.63, 3.8) is 0 Å². The molecule has 4 fully saturated rings. The van der Waals surface area contributed by atoms with E-state index in [9.17, 15) is 9.59 Å². The number of benzene rings is 1. The van der Waals surface area contributed by atoms with Crippen LogP contribution in [0.1, 0.15) is 117 Å². The Morgan fingerprint density at radius 2 is 1.61 bits per heavy atom. The summed E-state index contributed by atoms with van der Waals surface area (Å²) < 4.78 is 13.1. The van der Waals surface area contributed by atoms with Crippen LogP contribution in [-0.2, 0) is 14.3 Å². The molecule has 3 saturated carbocycles. The number of rotatable bonds is 2. The maximum Gasteiger partial charge on any atom is 0.338 e. The topological polar surface area (TPSA) is 52.6 Å². The summed E-state index contributed by atoms with van der Waals surface area (Å²) in [6.07, 6.45) is 13.7. The fourth-order valence-electron chi connectivity index (χ4n) is 11.2. The van der Waals surface area contributed by atoms with Crippen LogP contribution < -0.4 is 0 Å². The third-order valence-electron chi connectivity index (χ3n) is 13.9. The van der Waals surface area contributed by atoms with E-state index in [-0.39, 0.29) is 45.1 Å². The molecule has 1 heterocycles. The molecule has 7 atom stereocenters. The van der Waals surface area contributed by atoms with Crippen LogP contribution >= 0.6 is 0 Å². The smallest absolute Gasteiger partial charge is 0.338 e. The van der Waals surface area contributed by atoms with E-state index in [4.69, 9.17) is 9.47 Å². The van der Waals surface area contributed by atoms with E-state index < -0.39 is 11.0 Å². The molecule has 0 aromatic heterocycles. The Morgan fingerprint density at radius 3 is 2.34 bits per heavy atom. The van der Waals surface area contributed by atoms with E-state index >= 15 is 0 Å². The van der Waals surface area contributed by atoms with Crippen LogP contribution in [0.3, 0.4) is 0 Å². The molecule has 4 nitrogen and oxygen atoms in total. The van der Waals surface area contributed by atoms with Crippen molar-refractivity contribution in [2.45, 2.75) is 118 Å². The van der Waals surface area contributed by atoms with Gasteiger partial charge < -0.3 is 9.47 Å². The number of hydrogen-bond donors (Lipinski definition) is 0. The van der Waals surface area contributed by atoms with E-state index in [1.165, 1.54) is 30.4 Å². The largest absolute Gasteiger partial charge is 0.458 e. The lowest BCUT2D eigenvalue weighted by molar-refractivity contribution is -0.201. The van der Waals surface area contributed by atoms with Gasteiger partial charge in [-0.15, -0.1) is 0 Å². The number of hydrogen-bond acceptors (Lipinski definition) is 4. The van der Waals surface area contributed by atoms with Crippen molar-refractivity contribution >= 4 is 11.9 Å². The van der Waals surface area contributed by atoms with Crippen molar-refractivity contribution in [2.24, 2.45) is 38.4 Å². The Labute approximate surface area is 246 Å². The van der Waals surface area contributed by atoms with Gasteiger partial charge in [0.15, 0.2) is 0 Å². The standard InChI is InChI=1S/C37H48O4/c1-31(2)17-18-33(5)19-21-35(7)36(27(33)23-31)22-20-34(6)26-13-14-28(40-29(38)24-11-9-8-10-12-24)32(3,4)25(26)15-16-37(34,35)41-30(36)39/h8-12,15-16,27-28H,13-14,17-23H2,1-7H3. The van der Waals surface area contributed by atoms with Crippen LogP contribution in [-0.4, -0.2) is 23.6 Å². The lowest BCUT2D eigenvalue weighted by atomic mass is 9.32. The first-order valence-corrected chi connectivity index (χ1v) is 16.1. The SMILES string of the molecule is CC1(C)CCC2(C)CCC3(C)C4(CCC5(C)C6=C(C=CC53OC4=O)C(C)(C)C(OC(=O)c3ccccc3)CC6)C2C1. The molecule has 4 heteroatoms. The molecular weight excluding hydrogens is 508 g/mol. The molecule has 2 bridgehead atoms. The summed E-state index contributed by atoms with van der Waals surface area (Å²) in [5, 5.41) is 0. The molecular formula is C37H48O4. The zero-order valence-electron chi connectivity index (χ0n) is 26.2. The molecule has 1 aromatic carbocycles. The molecule has 1 aliphatic heterocycles. The third kappa shape index (κ3) is 3.18. The first-order valence-electron chi connectivity index (χ1n) is 16.1. The monoisotopic (exact) mass is 556 g/mol. The predicted octanol–water partition coefficient (Wildman–Crippen LogP) is 8.61. The first-order chi connectivity index (χ1) is 19.2. The summed E-state index contributed by atoms with van der Waals surface area (Å²) in [6.45, 7) is 16.5. The summed E-state index contributed by atoms with van der Waals surface area (Å²) >= 11 is 0. The molecule has 6 aliphatic rings. The van der Waals surface area contributed by atoms with Gasteiger partial charge in [-0.3, -0.25) is 4.79 Å². The second-order valence-electron chi connectivity index (χ2n) is 16.6. The molecule has 0 radical (unpaired) electrons. The Bertz CT molecular complexity index is 1380. The van der Waals surface area contributed by atoms with Gasteiger partial charge in [0.1, 0.15) is 11.7 Å². The predicted molar refractivity (Wildman–Crippen MR) is 160 cm³/mol. The highest BCUT2D eigenvalue weighted by Gasteiger charge is 2.83. The van der Waals surface area contributed by atoms with Gasteiger partial charge in [-0.25, -0.2) is 4.79 Å². The molecule has 0 amide bonds. The second-order valence-corrected chi connectivity index (χ2v) is 16.6. The van der Waals surface area contributed by atoms with Crippen molar-refractivity contribution in [3.05, 3.63) is 59.2 Å². The minimum atomic E-state index is -0.624. The van der Waals surface area contributed by atoms with Crippen LogP contribution in [0.25, 0.3) is 0 Å². The van der Waals surface area contributed by atoms with Gasteiger partial charge in [0.05, 0.1) is 11.0 Å². The Morgan fingerprint density at radius 1 is 0.902 bits per heavy atom. The molecule has 41 heavy (non-hydrogen) atoms. The fourth-order valence-corrected chi connectivity index (χ4v) is 11.2. The number of carbonyl (C=O) groups is 2. The molecule has 1 spiro atoms. The van der Waals surface area contributed by atoms with Crippen LogP contribution in [0.5, 0.6) is 0 Å². The van der Waals surface area contributed by atoms with Crippen LogP contribution in [0, 0.1) is 38.4 Å². The highest BCUT2D eigenvalue weighted by atomic mass is 16.6. The van der Waals surface area contributed by atoms with Gasteiger partial charge in [0.2, 0.25) is 0 Å². The average Bonchev–Trinajstić information content (AvgIpc) is 3.04. The number of ether oxygens (including phenoxy) is 2. The van der Waals surface area contributed by atoms with Crippen molar-refractivity contribution in [1.29, 1.82) is 0 Å². The molecule has 7 rings (SSSR count). The lowest BCUT2D eigenvalue weighted by Crippen LogP contribution is -2.69. The quantitative estimate of drug-likeness (QED) is 0.342. The molecule has 220 valence electrons. The van der Waals surface area contributed by atoms with E-state index in [2.05, 4.69) is 60.6 Å². The normalized spacial score (nSPS) is 45.1. The van der Waals surface area contributed by atoms with Crippen molar-refractivity contribution in [1.82, 2.24) is 0 Å². The Kier molecular flexibility index (Phi) is 5.47. The van der Waals surface area contributed by atoms with Crippen LogP contribution in [0.4, 0.5) is 0 Å². The van der Waals surface area contributed by atoms with E-state index in [1.807, 2.05) is 30.3 Å². The maximum atomic E-state index is 14.5. The molecule has 7 unspecified atom stereocenters. The van der Waals surface area contributed by atoms with Gasteiger partial charge in [0.25, 0.3) is 0 Å². The molecule has 1 saturated heterocycles. The minimum absolute atomic E-state index is 0.0794. The average molecular weight is 557 g/mol. The Hall–Kier alpha value is -2.36. The summed E-state index contributed by atoms with van der Waals surface area (Å²) in [6, 6.07) is 9.31.